The summed E-state index contributed by atoms with van der Waals surface area (Å²) >= 11 is 5.72. The molecule has 1 rings (SSSR count). The second-order valence-corrected chi connectivity index (χ2v) is 3.24. The Morgan fingerprint density at radius 3 is 2.92 bits per heavy atom. The van der Waals surface area contributed by atoms with E-state index >= 15 is 0 Å². The van der Waals surface area contributed by atoms with Gasteiger partial charge in [0, 0.05) is 6.04 Å². The van der Waals surface area contributed by atoms with Gasteiger partial charge in [0.1, 0.15) is 12.0 Å². The number of aromatic nitrogens is 2. The van der Waals surface area contributed by atoms with Gasteiger partial charge in [-0.3, -0.25) is 0 Å². The topological polar surface area (TPSA) is 63.8 Å². The van der Waals surface area contributed by atoms with Crippen LogP contribution >= 0.6 is 11.6 Å². The van der Waals surface area contributed by atoms with Gasteiger partial charge in [0.05, 0.1) is 0 Å². The molecule has 5 heteroatoms. The van der Waals surface area contributed by atoms with E-state index in [1.54, 1.807) is 0 Å². The van der Waals surface area contributed by atoms with Crippen LogP contribution < -0.4 is 11.1 Å². The van der Waals surface area contributed by atoms with Crippen molar-refractivity contribution in [3.05, 3.63) is 11.5 Å². The van der Waals surface area contributed by atoms with Gasteiger partial charge in [0.15, 0.2) is 11.0 Å². The smallest absolute Gasteiger partial charge is 0.157 e. The molecule has 1 heterocycles. The Labute approximate surface area is 82.5 Å². The first-order valence-corrected chi connectivity index (χ1v) is 4.55. The highest BCUT2D eigenvalue weighted by molar-refractivity contribution is 6.32. The van der Waals surface area contributed by atoms with Crippen molar-refractivity contribution in [2.75, 3.05) is 11.1 Å². The van der Waals surface area contributed by atoms with E-state index in [9.17, 15) is 0 Å². The molecule has 0 aliphatic rings. The molecule has 1 atom stereocenters. The van der Waals surface area contributed by atoms with Crippen LogP contribution in [0.2, 0.25) is 5.15 Å². The Bertz CT molecular complexity index is 289. The van der Waals surface area contributed by atoms with Crippen molar-refractivity contribution in [1.29, 1.82) is 0 Å². The van der Waals surface area contributed by atoms with E-state index in [-0.39, 0.29) is 0 Å². The fourth-order valence-corrected chi connectivity index (χ4v) is 0.958. The molecule has 3 N–H and O–H groups in total. The van der Waals surface area contributed by atoms with Crippen molar-refractivity contribution in [2.24, 2.45) is 0 Å². The van der Waals surface area contributed by atoms with E-state index in [1.165, 1.54) is 6.33 Å². The van der Waals surface area contributed by atoms with Gasteiger partial charge in [-0.05, 0) is 13.3 Å². The molecule has 0 bridgehead atoms. The van der Waals surface area contributed by atoms with Crippen LogP contribution in [0.3, 0.4) is 0 Å². The van der Waals surface area contributed by atoms with Gasteiger partial charge < -0.3 is 11.1 Å². The van der Waals surface area contributed by atoms with E-state index in [2.05, 4.69) is 29.1 Å². The number of halogens is 1. The van der Waals surface area contributed by atoms with Crippen LogP contribution in [0.15, 0.2) is 6.33 Å². The third-order valence-electron chi connectivity index (χ3n) is 1.83. The monoisotopic (exact) mass is 200 g/mol. The third kappa shape index (κ3) is 2.45. The highest BCUT2D eigenvalue weighted by Crippen LogP contribution is 2.22. The third-order valence-corrected chi connectivity index (χ3v) is 2.13. The standard InChI is InChI=1S/C8H13ClN4/c1-3-5(2)13-8-6(10)7(9)11-4-12-8/h4-5H,3,10H2,1-2H3,(H,11,12,13). The van der Waals surface area contributed by atoms with Crippen LogP contribution in [0.5, 0.6) is 0 Å². The highest BCUT2D eigenvalue weighted by atomic mass is 35.5. The molecule has 72 valence electrons. The molecule has 0 radical (unpaired) electrons. The molecular weight excluding hydrogens is 188 g/mol. The lowest BCUT2D eigenvalue weighted by Gasteiger charge is -2.13. The van der Waals surface area contributed by atoms with E-state index in [1.807, 2.05) is 0 Å². The predicted molar refractivity (Wildman–Crippen MR) is 54.8 cm³/mol. The Balaban J connectivity index is 2.83. The molecule has 0 fully saturated rings. The Morgan fingerprint density at radius 1 is 1.62 bits per heavy atom. The fourth-order valence-electron chi connectivity index (χ4n) is 0.825. The number of nitrogens with zero attached hydrogens (tertiary/aromatic N) is 2. The van der Waals surface area contributed by atoms with Gasteiger partial charge in [-0.2, -0.15) is 0 Å². The minimum Gasteiger partial charge on any atom is -0.393 e. The maximum Gasteiger partial charge on any atom is 0.157 e. The summed E-state index contributed by atoms with van der Waals surface area (Å²) in [4.78, 5) is 7.76. The van der Waals surface area contributed by atoms with Crippen molar-refractivity contribution in [1.82, 2.24) is 9.97 Å². The lowest BCUT2D eigenvalue weighted by molar-refractivity contribution is 0.759. The summed E-state index contributed by atoms with van der Waals surface area (Å²) in [7, 11) is 0. The molecule has 1 unspecified atom stereocenters. The summed E-state index contributed by atoms with van der Waals surface area (Å²) < 4.78 is 0. The van der Waals surface area contributed by atoms with E-state index in [0.717, 1.165) is 6.42 Å². The normalized spacial score (nSPS) is 12.5. The average Bonchev–Trinajstić information content (AvgIpc) is 2.13. The second-order valence-electron chi connectivity index (χ2n) is 2.88. The Morgan fingerprint density at radius 2 is 2.31 bits per heavy atom. The van der Waals surface area contributed by atoms with E-state index in [4.69, 9.17) is 17.3 Å². The number of nitrogens with one attached hydrogen (secondary N) is 1. The zero-order valence-corrected chi connectivity index (χ0v) is 8.47. The molecule has 0 aromatic carbocycles. The SMILES string of the molecule is CCC(C)Nc1ncnc(Cl)c1N. The molecule has 13 heavy (non-hydrogen) atoms. The van der Waals surface area contributed by atoms with E-state index < -0.39 is 0 Å². The molecule has 0 saturated carbocycles. The van der Waals surface area contributed by atoms with Gasteiger partial charge in [-0.15, -0.1) is 0 Å². The minimum atomic E-state index is 0.292. The van der Waals surface area contributed by atoms with Crippen LogP contribution in [0, 0.1) is 0 Å². The molecule has 0 spiro atoms. The van der Waals surface area contributed by atoms with Gasteiger partial charge in [0.25, 0.3) is 0 Å². The zero-order chi connectivity index (χ0) is 9.84. The molecule has 0 saturated heterocycles. The van der Waals surface area contributed by atoms with Crippen molar-refractivity contribution >= 4 is 23.1 Å². The summed E-state index contributed by atoms with van der Waals surface area (Å²) in [6.45, 7) is 4.13. The maximum absolute atomic E-state index is 5.72. The van der Waals surface area contributed by atoms with Crippen LogP contribution in [-0.4, -0.2) is 16.0 Å². The van der Waals surface area contributed by atoms with Gasteiger partial charge >= 0.3 is 0 Å². The van der Waals surface area contributed by atoms with Crippen molar-refractivity contribution in [2.45, 2.75) is 26.3 Å². The van der Waals surface area contributed by atoms with Crippen LogP contribution in [-0.2, 0) is 0 Å². The van der Waals surface area contributed by atoms with Crippen LogP contribution in [0.4, 0.5) is 11.5 Å². The molecule has 0 aliphatic heterocycles. The van der Waals surface area contributed by atoms with Crippen LogP contribution in [0.1, 0.15) is 20.3 Å². The lowest BCUT2D eigenvalue weighted by Crippen LogP contribution is -2.16. The first-order chi connectivity index (χ1) is 6.15. The van der Waals surface area contributed by atoms with Crippen molar-refractivity contribution in [3.63, 3.8) is 0 Å². The molecule has 0 aliphatic carbocycles. The van der Waals surface area contributed by atoms with Gasteiger partial charge in [-0.1, -0.05) is 18.5 Å². The molecule has 4 nitrogen and oxygen atoms in total. The molecule has 1 aromatic heterocycles. The first-order valence-electron chi connectivity index (χ1n) is 4.17. The van der Waals surface area contributed by atoms with Gasteiger partial charge in [-0.25, -0.2) is 9.97 Å². The summed E-state index contributed by atoms with van der Waals surface area (Å²) in [6, 6.07) is 0.327. The van der Waals surface area contributed by atoms with Crippen molar-refractivity contribution < 1.29 is 0 Å². The Kier molecular flexibility index (Phi) is 3.31. The largest absolute Gasteiger partial charge is 0.393 e. The van der Waals surface area contributed by atoms with Crippen LogP contribution in [0.25, 0.3) is 0 Å². The van der Waals surface area contributed by atoms with E-state index in [0.29, 0.717) is 22.7 Å². The lowest BCUT2D eigenvalue weighted by atomic mass is 10.2. The molecular formula is C8H13ClN4. The summed E-state index contributed by atoms with van der Waals surface area (Å²) in [6.07, 6.45) is 2.39. The number of hydrogen-bond acceptors (Lipinski definition) is 4. The summed E-state index contributed by atoms with van der Waals surface area (Å²) in [5, 5.41) is 3.43. The number of hydrogen-bond donors (Lipinski definition) is 2. The maximum atomic E-state index is 5.72. The quantitative estimate of drug-likeness (QED) is 0.732. The molecule has 1 aromatic rings. The zero-order valence-electron chi connectivity index (χ0n) is 7.71. The van der Waals surface area contributed by atoms with Gasteiger partial charge in [0.2, 0.25) is 0 Å². The Hall–Kier alpha value is -1.03. The number of nitrogens with two attached hydrogens (primary N) is 1. The summed E-state index contributed by atoms with van der Waals surface area (Å²) in [5.41, 5.74) is 6.07. The van der Waals surface area contributed by atoms with Crippen molar-refractivity contribution in [3.8, 4) is 0 Å². The number of nitrogen functional groups attached to an aromatic ring is 1. The second kappa shape index (κ2) is 4.28. The highest BCUT2D eigenvalue weighted by Gasteiger charge is 2.07. The first kappa shape index (κ1) is 10.1. The number of rotatable bonds is 3. The minimum absolute atomic E-state index is 0.292. The fraction of sp³-hybridized carbons (Fsp3) is 0.500. The number of anilines is 2. The summed E-state index contributed by atoms with van der Waals surface area (Å²) in [5.74, 6) is 0.606. The average molecular weight is 201 g/mol. The predicted octanol–water partition coefficient (Wildman–Crippen LogP) is 1.92. The molecule has 0 amide bonds.